The van der Waals surface area contributed by atoms with Gasteiger partial charge in [-0.1, -0.05) is 43.9 Å². The Morgan fingerprint density at radius 3 is 2.81 bits per heavy atom. The number of likely N-dealkylation sites (N-methyl/N-ethyl adjacent to an activating group) is 1. The summed E-state index contributed by atoms with van der Waals surface area (Å²) >= 11 is 0. The molecule has 3 atom stereocenters. The summed E-state index contributed by atoms with van der Waals surface area (Å²) in [4.78, 5) is 0. The summed E-state index contributed by atoms with van der Waals surface area (Å²) in [6, 6.07) is 7.08. The van der Waals surface area contributed by atoms with E-state index in [2.05, 4.69) is 44.4 Å². The van der Waals surface area contributed by atoms with Crippen LogP contribution in [-0.2, 0) is 6.42 Å². The molecule has 1 aromatic carbocycles. The molecule has 1 N–H and O–H groups in total. The molecule has 0 aromatic heterocycles. The zero-order valence-electron chi connectivity index (χ0n) is 14.1. The Kier molecular flexibility index (Phi) is 6.10. The molecule has 0 bridgehead atoms. The third-order valence-electron chi connectivity index (χ3n) is 5.22. The molecule has 1 aliphatic carbocycles. The van der Waals surface area contributed by atoms with Crippen LogP contribution in [0, 0.1) is 18.8 Å². The van der Waals surface area contributed by atoms with Gasteiger partial charge in [-0.3, -0.25) is 0 Å². The molecule has 2 heteroatoms. The third kappa shape index (κ3) is 4.23. The summed E-state index contributed by atoms with van der Waals surface area (Å²) in [5.74, 6) is 2.77. The van der Waals surface area contributed by atoms with Gasteiger partial charge in [0.15, 0.2) is 0 Å². The Labute approximate surface area is 130 Å². The summed E-state index contributed by atoms with van der Waals surface area (Å²) in [6.07, 6.45) is 7.99. The van der Waals surface area contributed by atoms with Crippen LogP contribution in [0.25, 0.3) is 0 Å². The van der Waals surface area contributed by atoms with Crippen molar-refractivity contribution in [1.82, 2.24) is 5.32 Å². The first kappa shape index (κ1) is 16.4. The highest BCUT2D eigenvalue weighted by Crippen LogP contribution is 2.34. The summed E-state index contributed by atoms with van der Waals surface area (Å²) < 4.78 is 5.55. The molecular weight excluding hydrogens is 258 g/mol. The van der Waals surface area contributed by atoms with Crippen molar-refractivity contribution in [2.24, 2.45) is 11.8 Å². The number of rotatable bonds is 6. The largest absolute Gasteiger partial charge is 0.496 e. The van der Waals surface area contributed by atoms with Gasteiger partial charge in [0.25, 0.3) is 0 Å². The van der Waals surface area contributed by atoms with Gasteiger partial charge < -0.3 is 10.1 Å². The molecule has 0 aliphatic heterocycles. The molecule has 21 heavy (non-hydrogen) atoms. The van der Waals surface area contributed by atoms with Crippen LogP contribution < -0.4 is 10.1 Å². The number of aryl methyl sites for hydroxylation is 1. The fourth-order valence-electron chi connectivity index (χ4n) is 3.88. The second-order valence-corrected chi connectivity index (χ2v) is 6.62. The average Bonchev–Trinajstić information content (AvgIpc) is 2.52. The smallest absolute Gasteiger partial charge is 0.122 e. The third-order valence-corrected chi connectivity index (χ3v) is 5.22. The normalized spacial score (nSPS) is 23.8. The maximum absolute atomic E-state index is 5.55. The van der Waals surface area contributed by atoms with Gasteiger partial charge in [0, 0.05) is 6.04 Å². The van der Waals surface area contributed by atoms with Crippen molar-refractivity contribution in [2.75, 3.05) is 14.2 Å². The summed E-state index contributed by atoms with van der Waals surface area (Å²) in [5, 5.41) is 3.58. The van der Waals surface area contributed by atoms with Crippen molar-refractivity contribution in [3.63, 3.8) is 0 Å². The molecule has 1 aliphatic rings. The zero-order chi connectivity index (χ0) is 15.2. The molecule has 1 saturated carbocycles. The molecular formula is C19H31NO. The quantitative estimate of drug-likeness (QED) is 0.840. The lowest BCUT2D eigenvalue weighted by Crippen LogP contribution is -2.38. The van der Waals surface area contributed by atoms with E-state index in [0.29, 0.717) is 6.04 Å². The highest BCUT2D eigenvalue weighted by atomic mass is 16.5. The minimum absolute atomic E-state index is 0.565. The van der Waals surface area contributed by atoms with E-state index in [1.165, 1.54) is 43.2 Å². The second kappa shape index (κ2) is 7.84. The molecule has 2 nitrogen and oxygen atoms in total. The van der Waals surface area contributed by atoms with Crippen molar-refractivity contribution < 1.29 is 4.74 Å². The lowest BCUT2D eigenvalue weighted by Gasteiger charge is -2.34. The number of hydrogen-bond donors (Lipinski definition) is 1. The number of hydrogen-bond acceptors (Lipinski definition) is 2. The van der Waals surface area contributed by atoms with E-state index in [9.17, 15) is 0 Å². The van der Waals surface area contributed by atoms with Gasteiger partial charge >= 0.3 is 0 Å². The predicted molar refractivity (Wildman–Crippen MR) is 90.0 cm³/mol. The van der Waals surface area contributed by atoms with Gasteiger partial charge in [-0.15, -0.1) is 0 Å². The lowest BCUT2D eigenvalue weighted by molar-refractivity contribution is 0.212. The molecule has 0 amide bonds. The monoisotopic (exact) mass is 289 g/mol. The number of nitrogens with one attached hydrogen (secondary N) is 1. The van der Waals surface area contributed by atoms with Crippen LogP contribution >= 0.6 is 0 Å². The van der Waals surface area contributed by atoms with Crippen molar-refractivity contribution >= 4 is 0 Å². The highest BCUT2D eigenvalue weighted by Gasteiger charge is 2.27. The van der Waals surface area contributed by atoms with Crippen molar-refractivity contribution in [2.45, 2.75) is 58.4 Å². The van der Waals surface area contributed by atoms with Gasteiger partial charge in [-0.25, -0.2) is 0 Å². The van der Waals surface area contributed by atoms with Gasteiger partial charge in [0.2, 0.25) is 0 Å². The van der Waals surface area contributed by atoms with Crippen LogP contribution in [0.15, 0.2) is 18.2 Å². The SMILES string of the molecule is CCC1CCCC(C(Cc2cc(C)ccc2OC)NC)C1. The van der Waals surface area contributed by atoms with E-state index < -0.39 is 0 Å². The maximum Gasteiger partial charge on any atom is 0.122 e. The molecule has 1 aromatic rings. The maximum atomic E-state index is 5.55. The van der Waals surface area contributed by atoms with E-state index in [0.717, 1.165) is 24.0 Å². The van der Waals surface area contributed by atoms with Crippen LogP contribution in [0.3, 0.4) is 0 Å². The fraction of sp³-hybridized carbons (Fsp3) is 0.684. The Hall–Kier alpha value is -1.02. The van der Waals surface area contributed by atoms with Gasteiger partial charge in [-0.2, -0.15) is 0 Å². The summed E-state index contributed by atoms with van der Waals surface area (Å²) in [6.45, 7) is 4.50. The lowest BCUT2D eigenvalue weighted by atomic mass is 9.75. The molecule has 0 spiro atoms. The topological polar surface area (TPSA) is 21.3 Å². The van der Waals surface area contributed by atoms with E-state index in [1.807, 2.05) is 0 Å². The van der Waals surface area contributed by atoms with Gasteiger partial charge in [-0.05, 0) is 56.7 Å². The fourth-order valence-corrected chi connectivity index (χ4v) is 3.88. The molecule has 3 unspecified atom stereocenters. The number of ether oxygens (including phenoxy) is 1. The van der Waals surface area contributed by atoms with Crippen molar-refractivity contribution in [3.05, 3.63) is 29.3 Å². The molecule has 0 saturated heterocycles. The minimum Gasteiger partial charge on any atom is -0.496 e. The number of benzene rings is 1. The number of methoxy groups -OCH3 is 1. The van der Waals surface area contributed by atoms with E-state index in [1.54, 1.807) is 7.11 Å². The standard InChI is InChI=1S/C19H31NO/c1-5-15-7-6-8-16(12-15)18(20-3)13-17-11-14(2)9-10-19(17)21-4/h9-11,15-16,18,20H,5-8,12-13H2,1-4H3. The second-order valence-electron chi connectivity index (χ2n) is 6.62. The van der Waals surface area contributed by atoms with Crippen LogP contribution in [0.1, 0.15) is 50.2 Å². The first-order valence-corrected chi connectivity index (χ1v) is 8.48. The molecule has 118 valence electrons. The first-order chi connectivity index (χ1) is 10.2. The van der Waals surface area contributed by atoms with Crippen molar-refractivity contribution in [1.29, 1.82) is 0 Å². The van der Waals surface area contributed by atoms with Crippen LogP contribution in [0.5, 0.6) is 5.75 Å². The van der Waals surface area contributed by atoms with Crippen molar-refractivity contribution in [3.8, 4) is 5.75 Å². The first-order valence-electron chi connectivity index (χ1n) is 8.48. The Bertz CT molecular complexity index is 443. The van der Waals surface area contributed by atoms with Gasteiger partial charge in [0.05, 0.1) is 7.11 Å². The predicted octanol–water partition coefficient (Wildman–Crippen LogP) is 4.35. The zero-order valence-corrected chi connectivity index (χ0v) is 14.1. The molecule has 2 rings (SSSR count). The molecule has 1 fully saturated rings. The van der Waals surface area contributed by atoms with E-state index >= 15 is 0 Å². The average molecular weight is 289 g/mol. The summed E-state index contributed by atoms with van der Waals surface area (Å²) in [7, 11) is 3.89. The van der Waals surface area contributed by atoms with Crippen LogP contribution in [0.4, 0.5) is 0 Å². The van der Waals surface area contributed by atoms with Crippen LogP contribution in [-0.4, -0.2) is 20.2 Å². The Morgan fingerprint density at radius 2 is 2.14 bits per heavy atom. The van der Waals surface area contributed by atoms with Crippen LogP contribution in [0.2, 0.25) is 0 Å². The summed E-state index contributed by atoms with van der Waals surface area (Å²) in [5.41, 5.74) is 2.66. The minimum atomic E-state index is 0.565. The highest BCUT2D eigenvalue weighted by molar-refractivity contribution is 5.37. The molecule has 0 heterocycles. The van der Waals surface area contributed by atoms with Gasteiger partial charge in [0.1, 0.15) is 5.75 Å². The molecule has 0 radical (unpaired) electrons. The van der Waals surface area contributed by atoms with E-state index in [4.69, 9.17) is 4.74 Å². The van der Waals surface area contributed by atoms with E-state index in [-0.39, 0.29) is 0 Å². The Balaban J connectivity index is 2.09. The Morgan fingerprint density at radius 1 is 1.33 bits per heavy atom.